The lowest BCUT2D eigenvalue weighted by Crippen LogP contribution is -2.38. The lowest BCUT2D eigenvalue weighted by Gasteiger charge is -2.23. The Bertz CT molecular complexity index is 732. The first-order valence-electron chi connectivity index (χ1n) is 6.46. The van der Waals surface area contributed by atoms with Crippen LogP contribution >= 0.6 is 0 Å². The summed E-state index contributed by atoms with van der Waals surface area (Å²) in [5.41, 5.74) is 4.16. The van der Waals surface area contributed by atoms with Crippen molar-refractivity contribution in [3.8, 4) is 0 Å². The number of benzene rings is 1. The fourth-order valence-corrected chi connectivity index (χ4v) is 2.17. The third-order valence-corrected chi connectivity index (χ3v) is 3.29. The molecule has 0 bridgehead atoms. The molecule has 0 amide bonds. The maximum atomic E-state index is 11.7. The lowest BCUT2D eigenvalue weighted by molar-refractivity contribution is -0.385. The minimum Gasteiger partial charge on any atom is -0.437 e. The number of pyridine rings is 1. The molecule has 0 radical (unpaired) electrons. The topological polar surface area (TPSA) is 97.6 Å². The smallest absolute Gasteiger partial charge is 0.340 e. The quantitative estimate of drug-likeness (QED) is 0.522. The van der Waals surface area contributed by atoms with Crippen LogP contribution in [0.2, 0.25) is 0 Å². The number of ether oxygens (including phenoxy) is 1. The van der Waals surface area contributed by atoms with E-state index >= 15 is 0 Å². The van der Waals surface area contributed by atoms with Gasteiger partial charge in [0.1, 0.15) is 12.0 Å². The molecule has 3 rings (SSSR count). The van der Waals surface area contributed by atoms with Gasteiger partial charge in [-0.25, -0.2) is 9.78 Å². The summed E-state index contributed by atoms with van der Waals surface area (Å²) >= 11 is 0. The molecule has 0 fully saturated rings. The number of nitrogens with one attached hydrogen (secondary N) is 1. The summed E-state index contributed by atoms with van der Waals surface area (Å²) in [4.78, 5) is 25.8. The number of carbonyl (C=O) groups is 1. The standard InChI is InChI=1S/C14H12N4O4/c1-17(12-7-6-9(8-15-12)18(20)21)16-13-10-4-2-3-5-11(10)14(19)22-13/h2-8,13,16H,1H3. The Morgan fingerprint density at radius 1 is 1.32 bits per heavy atom. The molecule has 22 heavy (non-hydrogen) atoms. The minimum absolute atomic E-state index is 0.0882. The van der Waals surface area contributed by atoms with Gasteiger partial charge in [0, 0.05) is 18.7 Å². The first-order chi connectivity index (χ1) is 10.6. The number of cyclic esters (lactones) is 1. The Kier molecular flexibility index (Phi) is 3.43. The predicted molar refractivity (Wildman–Crippen MR) is 77.0 cm³/mol. The summed E-state index contributed by atoms with van der Waals surface area (Å²) in [5.74, 6) is 0.0733. The normalized spacial score (nSPS) is 16.0. The van der Waals surface area contributed by atoms with E-state index in [-0.39, 0.29) is 5.69 Å². The van der Waals surface area contributed by atoms with Crippen LogP contribution in [-0.4, -0.2) is 22.9 Å². The molecule has 1 aliphatic rings. The highest BCUT2D eigenvalue weighted by Crippen LogP contribution is 2.28. The molecular formula is C14H12N4O4. The second-order valence-corrected chi connectivity index (χ2v) is 4.69. The highest BCUT2D eigenvalue weighted by Gasteiger charge is 2.31. The van der Waals surface area contributed by atoms with Crippen LogP contribution in [-0.2, 0) is 4.74 Å². The van der Waals surface area contributed by atoms with Crippen molar-refractivity contribution in [1.82, 2.24) is 10.4 Å². The van der Waals surface area contributed by atoms with Crippen LogP contribution in [0.25, 0.3) is 0 Å². The first kappa shape index (κ1) is 14.0. The van der Waals surface area contributed by atoms with Gasteiger partial charge in [-0.1, -0.05) is 18.2 Å². The molecule has 1 N–H and O–H groups in total. The third kappa shape index (κ3) is 2.47. The number of hydrogen-bond donors (Lipinski definition) is 1. The van der Waals surface area contributed by atoms with E-state index in [1.54, 1.807) is 30.3 Å². The molecular weight excluding hydrogens is 288 g/mol. The molecule has 0 spiro atoms. The summed E-state index contributed by atoms with van der Waals surface area (Å²) in [6, 6.07) is 9.95. The third-order valence-electron chi connectivity index (χ3n) is 3.29. The molecule has 0 saturated carbocycles. The fourth-order valence-electron chi connectivity index (χ4n) is 2.17. The summed E-state index contributed by atoms with van der Waals surface area (Å²) in [5, 5.41) is 12.2. The highest BCUT2D eigenvalue weighted by atomic mass is 16.6. The van der Waals surface area contributed by atoms with E-state index in [1.807, 2.05) is 6.07 Å². The second kappa shape index (κ2) is 5.41. The van der Waals surface area contributed by atoms with Crippen LogP contribution in [0.5, 0.6) is 0 Å². The van der Waals surface area contributed by atoms with E-state index in [9.17, 15) is 14.9 Å². The molecule has 1 atom stereocenters. The summed E-state index contributed by atoms with van der Waals surface area (Å²) in [6.07, 6.45) is 0.549. The fraction of sp³-hybridized carbons (Fsp3) is 0.143. The van der Waals surface area contributed by atoms with E-state index in [2.05, 4.69) is 10.4 Å². The Hall–Kier alpha value is -3.00. The zero-order valence-corrected chi connectivity index (χ0v) is 11.6. The number of esters is 1. The zero-order valence-electron chi connectivity index (χ0n) is 11.6. The van der Waals surface area contributed by atoms with Crippen molar-refractivity contribution in [2.45, 2.75) is 6.23 Å². The number of hydrogen-bond acceptors (Lipinski definition) is 7. The number of anilines is 1. The number of fused-ring (bicyclic) bond motifs is 1. The summed E-state index contributed by atoms with van der Waals surface area (Å²) in [6.45, 7) is 0. The number of hydrazine groups is 1. The SMILES string of the molecule is CN(NC1OC(=O)c2ccccc21)c1ccc([N+](=O)[O-])cn1. The Morgan fingerprint density at radius 2 is 2.09 bits per heavy atom. The van der Waals surface area contributed by atoms with Crippen molar-refractivity contribution in [2.24, 2.45) is 0 Å². The Balaban J connectivity index is 1.76. The van der Waals surface area contributed by atoms with Crippen LogP contribution < -0.4 is 10.4 Å². The van der Waals surface area contributed by atoms with E-state index in [4.69, 9.17) is 4.74 Å². The highest BCUT2D eigenvalue weighted by molar-refractivity contribution is 5.93. The molecule has 0 saturated heterocycles. The van der Waals surface area contributed by atoms with Gasteiger partial charge in [0.15, 0.2) is 6.23 Å². The van der Waals surface area contributed by atoms with Crippen molar-refractivity contribution in [3.05, 3.63) is 63.8 Å². The van der Waals surface area contributed by atoms with Crippen LogP contribution in [0.1, 0.15) is 22.1 Å². The minimum atomic E-state index is -0.620. The van der Waals surface area contributed by atoms with Gasteiger partial charge in [0.05, 0.1) is 10.5 Å². The first-order valence-corrected chi connectivity index (χ1v) is 6.46. The van der Waals surface area contributed by atoms with Crippen LogP contribution in [0.4, 0.5) is 11.5 Å². The molecule has 1 aromatic heterocycles. The number of rotatable bonds is 4. The van der Waals surface area contributed by atoms with E-state index < -0.39 is 17.1 Å². The average Bonchev–Trinajstić information content (AvgIpc) is 2.84. The zero-order chi connectivity index (χ0) is 15.7. The molecule has 2 heterocycles. The number of nitro groups is 1. The average molecular weight is 300 g/mol. The number of nitrogens with zero attached hydrogens (tertiary/aromatic N) is 3. The Morgan fingerprint density at radius 3 is 2.77 bits per heavy atom. The van der Waals surface area contributed by atoms with Crippen LogP contribution in [0.15, 0.2) is 42.6 Å². The monoisotopic (exact) mass is 300 g/mol. The van der Waals surface area contributed by atoms with Crippen molar-refractivity contribution in [2.75, 3.05) is 12.1 Å². The van der Waals surface area contributed by atoms with Gasteiger partial charge in [-0.05, 0) is 12.1 Å². The van der Waals surface area contributed by atoms with E-state index in [0.717, 1.165) is 5.56 Å². The maximum absolute atomic E-state index is 11.7. The molecule has 0 aliphatic carbocycles. The molecule has 2 aromatic rings. The molecule has 1 aromatic carbocycles. The predicted octanol–water partition coefficient (Wildman–Crippen LogP) is 1.80. The number of aromatic nitrogens is 1. The van der Waals surface area contributed by atoms with Gasteiger partial charge < -0.3 is 4.74 Å². The summed E-state index contributed by atoms with van der Waals surface area (Å²) in [7, 11) is 1.68. The molecule has 8 heteroatoms. The van der Waals surface area contributed by atoms with Gasteiger partial charge in [-0.3, -0.25) is 15.1 Å². The second-order valence-electron chi connectivity index (χ2n) is 4.69. The lowest BCUT2D eigenvalue weighted by atomic mass is 10.1. The van der Waals surface area contributed by atoms with Gasteiger partial charge in [-0.2, -0.15) is 5.43 Å². The largest absolute Gasteiger partial charge is 0.437 e. The van der Waals surface area contributed by atoms with Crippen molar-refractivity contribution in [1.29, 1.82) is 0 Å². The van der Waals surface area contributed by atoms with Crippen LogP contribution in [0, 0.1) is 10.1 Å². The van der Waals surface area contributed by atoms with E-state index in [1.165, 1.54) is 18.3 Å². The van der Waals surface area contributed by atoms with Gasteiger partial charge in [0.25, 0.3) is 5.69 Å². The molecule has 1 aliphatic heterocycles. The van der Waals surface area contributed by atoms with Gasteiger partial charge >= 0.3 is 5.97 Å². The van der Waals surface area contributed by atoms with Crippen LogP contribution in [0.3, 0.4) is 0 Å². The molecule has 112 valence electrons. The van der Waals surface area contributed by atoms with Gasteiger partial charge in [0.2, 0.25) is 0 Å². The number of carbonyl (C=O) groups excluding carboxylic acids is 1. The van der Waals surface area contributed by atoms with Crippen molar-refractivity contribution >= 4 is 17.5 Å². The maximum Gasteiger partial charge on any atom is 0.340 e. The van der Waals surface area contributed by atoms with Crippen molar-refractivity contribution < 1.29 is 14.5 Å². The van der Waals surface area contributed by atoms with E-state index in [0.29, 0.717) is 11.4 Å². The van der Waals surface area contributed by atoms with Crippen molar-refractivity contribution in [3.63, 3.8) is 0 Å². The summed E-state index contributed by atoms with van der Waals surface area (Å²) < 4.78 is 5.26. The van der Waals surface area contributed by atoms with Gasteiger partial charge in [-0.15, -0.1) is 0 Å². The molecule has 8 nitrogen and oxygen atoms in total. The Labute approximate surface area is 125 Å². The molecule has 1 unspecified atom stereocenters.